The highest BCUT2D eigenvalue weighted by Gasteiger charge is 2.44. The van der Waals surface area contributed by atoms with E-state index in [0.29, 0.717) is 0 Å². The summed E-state index contributed by atoms with van der Waals surface area (Å²) in [5.41, 5.74) is 5.38. The zero-order valence-electron chi connectivity index (χ0n) is 11.6. The van der Waals surface area contributed by atoms with Crippen molar-refractivity contribution in [1.82, 2.24) is 4.90 Å². The van der Waals surface area contributed by atoms with Gasteiger partial charge in [-0.25, -0.2) is 4.79 Å². The van der Waals surface area contributed by atoms with Crippen molar-refractivity contribution < 1.29 is 19.1 Å². The number of amides is 1. The molecule has 2 N–H and O–H groups in total. The first-order valence-electron chi connectivity index (χ1n) is 6.00. The van der Waals surface area contributed by atoms with Crippen LogP contribution < -0.4 is 5.73 Å². The van der Waals surface area contributed by atoms with Crippen molar-refractivity contribution in [2.75, 3.05) is 13.7 Å². The summed E-state index contributed by atoms with van der Waals surface area (Å²) in [6.45, 7) is 7.43. The van der Waals surface area contributed by atoms with E-state index in [9.17, 15) is 9.59 Å². The van der Waals surface area contributed by atoms with E-state index in [4.69, 9.17) is 10.5 Å². The molecule has 1 rings (SSSR count). The molecule has 0 saturated carbocycles. The van der Waals surface area contributed by atoms with Gasteiger partial charge in [-0.15, -0.1) is 0 Å². The fourth-order valence-corrected chi connectivity index (χ4v) is 1.99. The first kappa shape index (κ1) is 14.8. The van der Waals surface area contributed by atoms with Crippen LogP contribution in [0.2, 0.25) is 0 Å². The second kappa shape index (κ2) is 5.14. The fourth-order valence-electron chi connectivity index (χ4n) is 1.99. The lowest BCUT2D eigenvalue weighted by molar-refractivity contribution is -0.145. The van der Waals surface area contributed by atoms with E-state index < -0.39 is 23.7 Å². The lowest BCUT2D eigenvalue weighted by atomic mass is 10.0. The third-order valence-corrected chi connectivity index (χ3v) is 3.04. The molecule has 0 aromatic rings. The number of carbonyl (C=O) groups is 2. The zero-order chi connectivity index (χ0) is 14.1. The number of nitrogens with zero attached hydrogens (tertiary/aromatic N) is 1. The van der Waals surface area contributed by atoms with Gasteiger partial charge < -0.3 is 20.1 Å². The van der Waals surface area contributed by atoms with E-state index in [1.807, 2.05) is 0 Å². The number of rotatable bonds is 1. The monoisotopic (exact) mass is 258 g/mol. The molecule has 0 aromatic carbocycles. The molecule has 1 fully saturated rings. The molecule has 1 aliphatic rings. The Morgan fingerprint density at radius 2 is 1.89 bits per heavy atom. The first-order valence-corrected chi connectivity index (χ1v) is 6.00. The van der Waals surface area contributed by atoms with Crippen LogP contribution in [-0.4, -0.2) is 48.3 Å². The molecule has 0 aliphatic carbocycles. The molecule has 3 atom stereocenters. The smallest absolute Gasteiger partial charge is 0.410 e. The summed E-state index contributed by atoms with van der Waals surface area (Å²) < 4.78 is 9.97. The molecule has 6 heteroatoms. The topological polar surface area (TPSA) is 81.9 Å². The van der Waals surface area contributed by atoms with E-state index in [0.717, 1.165) is 0 Å². The van der Waals surface area contributed by atoms with Crippen LogP contribution in [0.5, 0.6) is 0 Å². The maximum absolute atomic E-state index is 12.0. The molecule has 1 heterocycles. The third-order valence-electron chi connectivity index (χ3n) is 3.04. The van der Waals surface area contributed by atoms with Crippen molar-refractivity contribution in [2.24, 2.45) is 11.7 Å². The van der Waals surface area contributed by atoms with Gasteiger partial charge in [0.05, 0.1) is 13.0 Å². The Bertz CT molecular complexity index is 337. The van der Waals surface area contributed by atoms with Gasteiger partial charge in [0.1, 0.15) is 5.60 Å². The number of likely N-dealkylation sites (tertiary alicyclic amines) is 1. The van der Waals surface area contributed by atoms with Crippen molar-refractivity contribution in [1.29, 1.82) is 0 Å². The molecular formula is C12H22N2O4. The number of nitrogens with two attached hydrogens (primary N) is 1. The van der Waals surface area contributed by atoms with Crippen LogP contribution in [0.1, 0.15) is 27.7 Å². The fraction of sp³-hybridized carbons (Fsp3) is 0.833. The first-order chi connectivity index (χ1) is 8.17. The van der Waals surface area contributed by atoms with Gasteiger partial charge in [0, 0.05) is 18.6 Å². The average molecular weight is 258 g/mol. The van der Waals surface area contributed by atoms with E-state index in [2.05, 4.69) is 4.74 Å². The predicted molar refractivity (Wildman–Crippen MR) is 65.9 cm³/mol. The number of hydrogen-bond donors (Lipinski definition) is 1. The van der Waals surface area contributed by atoms with Gasteiger partial charge >= 0.3 is 12.1 Å². The SMILES string of the molecule is COC(=O)C1CN(C(=O)OC(C)(C)C)C(C)C1N. The third kappa shape index (κ3) is 3.13. The lowest BCUT2D eigenvalue weighted by Crippen LogP contribution is -2.43. The quantitative estimate of drug-likeness (QED) is 0.702. The van der Waals surface area contributed by atoms with Gasteiger partial charge in [0.2, 0.25) is 0 Å². The highest BCUT2D eigenvalue weighted by molar-refractivity contribution is 5.77. The molecule has 18 heavy (non-hydrogen) atoms. The summed E-state index contributed by atoms with van der Waals surface area (Å²) in [4.78, 5) is 25.0. The van der Waals surface area contributed by atoms with Crippen molar-refractivity contribution >= 4 is 12.1 Å². The molecule has 1 saturated heterocycles. The van der Waals surface area contributed by atoms with Crippen molar-refractivity contribution in [2.45, 2.75) is 45.4 Å². The number of ether oxygens (including phenoxy) is 2. The molecular weight excluding hydrogens is 236 g/mol. The number of hydrogen-bond acceptors (Lipinski definition) is 5. The summed E-state index contributed by atoms with van der Waals surface area (Å²) in [6, 6.07) is -0.672. The summed E-state index contributed by atoms with van der Waals surface area (Å²) >= 11 is 0. The highest BCUT2D eigenvalue weighted by Crippen LogP contribution is 2.25. The minimum absolute atomic E-state index is 0.240. The second-order valence-electron chi connectivity index (χ2n) is 5.58. The molecule has 0 radical (unpaired) electrons. The number of carbonyl (C=O) groups excluding carboxylic acids is 2. The minimum atomic E-state index is -0.565. The largest absolute Gasteiger partial charge is 0.469 e. The van der Waals surface area contributed by atoms with Gasteiger partial charge in [0.25, 0.3) is 0 Å². The maximum atomic E-state index is 12.0. The van der Waals surface area contributed by atoms with Crippen LogP contribution in [0, 0.1) is 5.92 Å². The molecule has 6 nitrogen and oxygen atoms in total. The normalized spacial score (nSPS) is 28.1. The molecule has 0 aromatic heterocycles. The van der Waals surface area contributed by atoms with E-state index in [-0.39, 0.29) is 18.6 Å². The average Bonchev–Trinajstić information content (AvgIpc) is 2.53. The molecule has 104 valence electrons. The van der Waals surface area contributed by atoms with Crippen LogP contribution in [0.4, 0.5) is 4.79 Å². The Morgan fingerprint density at radius 1 is 1.33 bits per heavy atom. The standard InChI is InChI=1S/C12H22N2O4/c1-7-9(13)8(10(15)17-5)6-14(7)11(16)18-12(2,3)4/h7-9H,6,13H2,1-5H3. The second-order valence-corrected chi connectivity index (χ2v) is 5.58. The van der Waals surface area contributed by atoms with Crippen LogP contribution in [0.3, 0.4) is 0 Å². The number of esters is 1. The van der Waals surface area contributed by atoms with E-state index in [1.54, 1.807) is 27.7 Å². The Balaban J connectivity index is 2.75. The van der Waals surface area contributed by atoms with Crippen molar-refractivity contribution in [3.8, 4) is 0 Å². The van der Waals surface area contributed by atoms with E-state index >= 15 is 0 Å². The van der Waals surface area contributed by atoms with Crippen LogP contribution in [0.15, 0.2) is 0 Å². The van der Waals surface area contributed by atoms with Crippen LogP contribution >= 0.6 is 0 Å². The molecule has 3 unspecified atom stereocenters. The zero-order valence-corrected chi connectivity index (χ0v) is 11.6. The summed E-state index contributed by atoms with van der Waals surface area (Å²) in [6.07, 6.45) is -0.447. The Hall–Kier alpha value is -1.30. The Morgan fingerprint density at radius 3 is 2.33 bits per heavy atom. The van der Waals surface area contributed by atoms with E-state index in [1.165, 1.54) is 12.0 Å². The van der Waals surface area contributed by atoms with Crippen molar-refractivity contribution in [3.05, 3.63) is 0 Å². The lowest BCUT2D eigenvalue weighted by Gasteiger charge is -2.27. The van der Waals surface area contributed by atoms with Crippen LogP contribution in [0.25, 0.3) is 0 Å². The number of methoxy groups -OCH3 is 1. The predicted octanol–water partition coefficient (Wildman–Crippen LogP) is 0.742. The van der Waals surface area contributed by atoms with Gasteiger partial charge in [-0.2, -0.15) is 0 Å². The Labute approximate surface area is 107 Å². The summed E-state index contributed by atoms with van der Waals surface area (Å²) in [7, 11) is 1.32. The summed E-state index contributed by atoms with van der Waals surface area (Å²) in [5, 5.41) is 0. The molecule has 0 bridgehead atoms. The maximum Gasteiger partial charge on any atom is 0.410 e. The minimum Gasteiger partial charge on any atom is -0.469 e. The van der Waals surface area contributed by atoms with Crippen LogP contribution in [-0.2, 0) is 14.3 Å². The summed E-state index contributed by atoms with van der Waals surface area (Å²) in [5.74, 6) is -0.877. The van der Waals surface area contributed by atoms with Gasteiger partial charge in [-0.3, -0.25) is 4.79 Å². The van der Waals surface area contributed by atoms with Crippen molar-refractivity contribution in [3.63, 3.8) is 0 Å². The van der Waals surface area contributed by atoms with Gasteiger partial charge in [0.15, 0.2) is 0 Å². The Kier molecular flexibility index (Phi) is 4.21. The van der Waals surface area contributed by atoms with Gasteiger partial charge in [-0.05, 0) is 27.7 Å². The highest BCUT2D eigenvalue weighted by atomic mass is 16.6. The molecule has 1 aliphatic heterocycles. The molecule has 0 spiro atoms. The van der Waals surface area contributed by atoms with Gasteiger partial charge in [-0.1, -0.05) is 0 Å². The molecule has 1 amide bonds.